The van der Waals surface area contributed by atoms with Gasteiger partial charge in [-0.3, -0.25) is 4.79 Å². The number of benzene rings is 1. The van der Waals surface area contributed by atoms with Crippen LogP contribution in [0.25, 0.3) is 0 Å². The standard InChI is InChI=1S/C16H19NO4/c1-19-13-7-3-4-8-14(13)21-12-6-11-17-10-5-9-15(20-2)16(17)18/h3-5,7-10H,6,11-12H2,1-2H3. The molecular formula is C16H19NO4. The summed E-state index contributed by atoms with van der Waals surface area (Å²) in [6.07, 6.45) is 2.46. The van der Waals surface area contributed by atoms with Gasteiger partial charge < -0.3 is 18.8 Å². The highest BCUT2D eigenvalue weighted by Gasteiger charge is 2.04. The molecule has 0 saturated carbocycles. The smallest absolute Gasteiger partial charge is 0.292 e. The van der Waals surface area contributed by atoms with Gasteiger partial charge in [0.2, 0.25) is 0 Å². The highest BCUT2D eigenvalue weighted by molar-refractivity contribution is 5.39. The Hall–Kier alpha value is -2.43. The summed E-state index contributed by atoms with van der Waals surface area (Å²) < 4.78 is 17.5. The number of aryl methyl sites for hydroxylation is 1. The van der Waals surface area contributed by atoms with Crippen LogP contribution in [0.5, 0.6) is 17.2 Å². The number of rotatable bonds is 7. The zero-order valence-electron chi connectivity index (χ0n) is 12.2. The van der Waals surface area contributed by atoms with Gasteiger partial charge in [-0.25, -0.2) is 0 Å². The van der Waals surface area contributed by atoms with Gasteiger partial charge in [0.15, 0.2) is 17.2 Å². The van der Waals surface area contributed by atoms with Gasteiger partial charge in [-0.1, -0.05) is 12.1 Å². The van der Waals surface area contributed by atoms with Crippen LogP contribution in [-0.2, 0) is 6.54 Å². The van der Waals surface area contributed by atoms with E-state index in [1.165, 1.54) is 7.11 Å². The second-order valence-electron chi connectivity index (χ2n) is 4.43. The summed E-state index contributed by atoms with van der Waals surface area (Å²) in [5, 5.41) is 0. The third kappa shape index (κ3) is 3.78. The van der Waals surface area contributed by atoms with Crippen molar-refractivity contribution in [1.82, 2.24) is 4.57 Å². The van der Waals surface area contributed by atoms with Crippen molar-refractivity contribution in [2.45, 2.75) is 13.0 Å². The molecule has 0 amide bonds. The quantitative estimate of drug-likeness (QED) is 0.734. The zero-order chi connectivity index (χ0) is 15.1. The lowest BCUT2D eigenvalue weighted by Crippen LogP contribution is -2.21. The third-order valence-corrected chi connectivity index (χ3v) is 3.08. The van der Waals surface area contributed by atoms with Crippen molar-refractivity contribution in [3.8, 4) is 17.2 Å². The maximum atomic E-state index is 11.9. The highest BCUT2D eigenvalue weighted by Crippen LogP contribution is 2.25. The molecule has 1 heterocycles. The Balaban J connectivity index is 1.89. The molecule has 0 aliphatic rings. The summed E-state index contributed by atoms with van der Waals surface area (Å²) in [7, 11) is 3.10. The molecule has 5 heteroatoms. The highest BCUT2D eigenvalue weighted by atomic mass is 16.5. The van der Waals surface area contributed by atoms with Crippen molar-refractivity contribution in [2.24, 2.45) is 0 Å². The van der Waals surface area contributed by atoms with E-state index in [-0.39, 0.29) is 5.56 Å². The first kappa shape index (κ1) is 15.0. The average Bonchev–Trinajstić information content (AvgIpc) is 2.53. The minimum absolute atomic E-state index is 0.128. The monoisotopic (exact) mass is 289 g/mol. The zero-order valence-corrected chi connectivity index (χ0v) is 12.2. The number of nitrogens with zero attached hydrogens (tertiary/aromatic N) is 1. The molecule has 0 spiro atoms. The van der Waals surface area contributed by atoms with Crippen LogP contribution in [-0.4, -0.2) is 25.4 Å². The van der Waals surface area contributed by atoms with Gasteiger partial charge in [-0.15, -0.1) is 0 Å². The Morgan fingerprint density at radius 3 is 2.33 bits per heavy atom. The van der Waals surface area contributed by atoms with Crippen molar-refractivity contribution in [1.29, 1.82) is 0 Å². The molecule has 0 atom stereocenters. The van der Waals surface area contributed by atoms with Crippen LogP contribution >= 0.6 is 0 Å². The fraction of sp³-hybridized carbons (Fsp3) is 0.312. The van der Waals surface area contributed by atoms with Crippen LogP contribution in [0.3, 0.4) is 0 Å². The lowest BCUT2D eigenvalue weighted by molar-refractivity contribution is 0.281. The molecule has 0 saturated heterocycles. The molecule has 0 bridgehead atoms. The second kappa shape index (κ2) is 7.38. The van der Waals surface area contributed by atoms with E-state index in [1.54, 1.807) is 30.0 Å². The molecule has 0 radical (unpaired) electrons. The lowest BCUT2D eigenvalue weighted by Gasteiger charge is -2.11. The predicted octanol–water partition coefficient (Wildman–Crippen LogP) is 2.33. The maximum Gasteiger partial charge on any atom is 0.292 e. The first-order chi connectivity index (χ1) is 10.3. The summed E-state index contributed by atoms with van der Waals surface area (Å²) in [5.41, 5.74) is -0.128. The number of methoxy groups -OCH3 is 2. The van der Waals surface area contributed by atoms with E-state index in [2.05, 4.69) is 0 Å². The molecule has 0 aliphatic heterocycles. The van der Waals surface area contributed by atoms with Crippen molar-refractivity contribution in [3.63, 3.8) is 0 Å². The van der Waals surface area contributed by atoms with E-state index in [0.717, 1.165) is 0 Å². The number of para-hydroxylation sites is 2. The summed E-state index contributed by atoms with van der Waals surface area (Å²) in [6, 6.07) is 10.9. The van der Waals surface area contributed by atoms with Crippen LogP contribution < -0.4 is 19.8 Å². The van der Waals surface area contributed by atoms with Gasteiger partial charge in [-0.2, -0.15) is 0 Å². The number of pyridine rings is 1. The minimum atomic E-state index is -0.128. The number of aromatic nitrogens is 1. The minimum Gasteiger partial charge on any atom is -0.493 e. The van der Waals surface area contributed by atoms with Crippen molar-refractivity contribution >= 4 is 0 Å². The Morgan fingerprint density at radius 1 is 0.952 bits per heavy atom. The topological polar surface area (TPSA) is 49.7 Å². The third-order valence-electron chi connectivity index (χ3n) is 3.08. The Bertz CT molecular complexity index is 636. The van der Waals surface area contributed by atoms with Gasteiger partial charge in [-0.05, 0) is 30.7 Å². The molecule has 0 N–H and O–H groups in total. The SMILES string of the molecule is COc1ccccc1OCCCn1cccc(OC)c1=O. The molecule has 1 aromatic carbocycles. The first-order valence-electron chi connectivity index (χ1n) is 6.75. The summed E-state index contributed by atoms with van der Waals surface area (Å²) in [6.45, 7) is 1.08. The van der Waals surface area contributed by atoms with Crippen molar-refractivity contribution in [2.75, 3.05) is 20.8 Å². The summed E-state index contributed by atoms with van der Waals surface area (Å²) >= 11 is 0. The average molecular weight is 289 g/mol. The Kier molecular flexibility index (Phi) is 5.26. The van der Waals surface area contributed by atoms with E-state index in [4.69, 9.17) is 14.2 Å². The van der Waals surface area contributed by atoms with Crippen LogP contribution in [0.4, 0.5) is 0 Å². The molecule has 21 heavy (non-hydrogen) atoms. The number of ether oxygens (including phenoxy) is 3. The van der Waals surface area contributed by atoms with Gasteiger partial charge in [0.05, 0.1) is 20.8 Å². The predicted molar refractivity (Wildman–Crippen MR) is 80.4 cm³/mol. The van der Waals surface area contributed by atoms with Crippen LogP contribution in [0.15, 0.2) is 47.4 Å². The Labute approximate surface area is 123 Å². The molecule has 112 valence electrons. The normalized spacial score (nSPS) is 10.2. The van der Waals surface area contributed by atoms with Crippen LogP contribution in [0.2, 0.25) is 0 Å². The van der Waals surface area contributed by atoms with Crippen molar-refractivity contribution in [3.05, 3.63) is 52.9 Å². The van der Waals surface area contributed by atoms with Gasteiger partial charge in [0.25, 0.3) is 5.56 Å². The van der Waals surface area contributed by atoms with Crippen LogP contribution in [0, 0.1) is 0 Å². The molecule has 1 aromatic heterocycles. The van der Waals surface area contributed by atoms with E-state index in [0.29, 0.717) is 36.8 Å². The van der Waals surface area contributed by atoms with E-state index >= 15 is 0 Å². The van der Waals surface area contributed by atoms with E-state index < -0.39 is 0 Å². The fourth-order valence-corrected chi connectivity index (χ4v) is 2.00. The van der Waals surface area contributed by atoms with Gasteiger partial charge in [0.1, 0.15) is 0 Å². The number of hydrogen-bond donors (Lipinski definition) is 0. The molecule has 2 aromatic rings. The Morgan fingerprint density at radius 2 is 1.62 bits per heavy atom. The van der Waals surface area contributed by atoms with Gasteiger partial charge >= 0.3 is 0 Å². The van der Waals surface area contributed by atoms with Gasteiger partial charge in [0, 0.05) is 12.7 Å². The molecule has 0 fully saturated rings. The molecule has 0 aliphatic carbocycles. The molecule has 0 unspecified atom stereocenters. The maximum absolute atomic E-state index is 11.9. The molecule has 2 rings (SSSR count). The summed E-state index contributed by atoms with van der Waals surface area (Å²) in [4.78, 5) is 11.9. The number of hydrogen-bond acceptors (Lipinski definition) is 4. The largest absolute Gasteiger partial charge is 0.493 e. The van der Waals surface area contributed by atoms with E-state index in [9.17, 15) is 4.79 Å². The summed E-state index contributed by atoms with van der Waals surface area (Å²) in [5.74, 6) is 1.76. The molecular weight excluding hydrogens is 270 g/mol. The second-order valence-corrected chi connectivity index (χ2v) is 4.43. The van der Waals surface area contributed by atoms with E-state index in [1.807, 2.05) is 24.3 Å². The van der Waals surface area contributed by atoms with Crippen molar-refractivity contribution < 1.29 is 14.2 Å². The first-order valence-corrected chi connectivity index (χ1v) is 6.75. The molecule has 5 nitrogen and oxygen atoms in total. The fourth-order valence-electron chi connectivity index (χ4n) is 2.00. The van der Waals surface area contributed by atoms with Crippen LogP contribution in [0.1, 0.15) is 6.42 Å². The lowest BCUT2D eigenvalue weighted by atomic mass is 10.3.